The summed E-state index contributed by atoms with van der Waals surface area (Å²) >= 11 is 15.2. The fourth-order valence-corrected chi connectivity index (χ4v) is 3.59. The molecule has 0 heterocycles. The maximum atomic E-state index is 12.4. The van der Waals surface area contributed by atoms with Gasteiger partial charge in [-0.3, -0.25) is 4.79 Å². The van der Waals surface area contributed by atoms with Crippen molar-refractivity contribution in [3.8, 4) is 17.2 Å². The molecule has 170 valence electrons. The number of benzene rings is 3. The minimum Gasteiger partial charge on any atom is -0.493 e. The van der Waals surface area contributed by atoms with Crippen LogP contribution in [0.1, 0.15) is 15.9 Å². The second-order valence-corrected chi connectivity index (χ2v) is 8.13. The van der Waals surface area contributed by atoms with Gasteiger partial charge in [-0.2, -0.15) is 5.10 Å². The van der Waals surface area contributed by atoms with E-state index in [0.717, 1.165) is 0 Å². The lowest BCUT2D eigenvalue weighted by Gasteiger charge is -2.10. The summed E-state index contributed by atoms with van der Waals surface area (Å²) in [7, 11) is 1.44. The van der Waals surface area contributed by atoms with Gasteiger partial charge >= 0.3 is 5.97 Å². The molecule has 0 spiro atoms. The minimum atomic E-state index is -0.611. The summed E-state index contributed by atoms with van der Waals surface area (Å²) in [6.07, 6.45) is 1.41. The number of nitrogens with one attached hydrogen (secondary N) is 1. The van der Waals surface area contributed by atoms with Gasteiger partial charge in [0.15, 0.2) is 18.1 Å². The highest BCUT2D eigenvalue weighted by atomic mass is 79.9. The molecule has 1 amide bonds. The Morgan fingerprint density at radius 1 is 1.03 bits per heavy atom. The molecule has 0 unspecified atom stereocenters. The number of ether oxygens (including phenoxy) is 3. The maximum Gasteiger partial charge on any atom is 0.345 e. The lowest BCUT2D eigenvalue weighted by molar-refractivity contribution is -0.123. The summed E-state index contributed by atoms with van der Waals surface area (Å²) in [4.78, 5) is 24.3. The van der Waals surface area contributed by atoms with Crippen LogP contribution in [0.3, 0.4) is 0 Å². The van der Waals surface area contributed by atoms with E-state index in [2.05, 4.69) is 26.5 Å². The number of methoxy groups -OCH3 is 1. The molecule has 3 aromatic carbocycles. The van der Waals surface area contributed by atoms with Gasteiger partial charge < -0.3 is 14.2 Å². The largest absolute Gasteiger partial charge is 0.493 e. The van der Waals surface area contributed by atoms with Gasteiger partial charge in [-0.25, -0.2) is 10.2 Å². The highest BCUT2D eigenvalue weighted by Gasteiger charge is 2.15. The van der Waals surface area contributed by atoms with E-state index in [1.54, 1.807) is 60.7 Å². The van der Waals surface area contributed by atoms with Crippen LogP contribution in [0.4, 0.5) is 0 Å². The Bertz CT molecular complexity index is 1200. The van der Waals surface area contributed by atoms with Crippen LogP contribution in [0, 0.1) is 0 Å². The van der Waals surface area contributed by atoms with E-state index in [1.165, 1.54) is 13.3 Å². The van der Waals surface area contributed by atoms with Crippen LogP contribution >= 0.6 is 39.1 Å². The average molecular weight is 552 g/mol. The Morgan fingerprint density at radius 3 is 2.52 bits per heavy atom. The van der Waals surface area contributed by atoms with E-state index in [4.69, 9.17) is 37.4 Å². The van der Waals surface area contributed by atoms with E-state index in [1.807, 2.05) is 0 Å². The van der Waals surface area contributed by atoms with Gasteiger partial charge in [-0.15, -0.1) is 0 Å². The molecule has 3 aromatic rings. The Labute approximate surface area is 208 Å². The van der Waals surface area contributed by atoms with E-state index < -0.39 is 11.9 Å². The summed E-state index contributed by atoms with van der Waals surface area (Å²) in [6, 6.07) is 16.3. The van der Waals surface area contributed by atoms with Crippen molar-refractivity contribution in [2.45, 2.75) is 0 Å². The summed E-state index contributed by atoms with van der Waals surface area (Å²) in [5.74, 6) is -0.0670. The molecule has 10 heteroatoms. The predicted molar refractivity (Wildman–Crippen MR) is 130 cm³/mol. The predicted octanol–water partition coefficient (Wildman–Crippen LogP) is 5.51. The second-order valence-electron chi connectivity index (χ2n) is 6.44. The van der Waals surface area contributed by atoms with Crippen LogP contribution in [0.15, 0.2) is 70.2 Å². The van der Waals surface area contributed by atoms with Gasteiger partial charge in [0.05, 0.1) is 28.4 Å². The minimum absolute atomic E-state index is 0.213. The van der Waals surface area contributed by atoms with Crippen LogP contribution in [0.5, 0.6) is 17.2 Å². The molecular formula is C23H17BrCl2N2O5. The SMILES string of the molecule is COc1cc(C=NNC(=O)COc2ccc(Cl)cc2Br)ccc1OC(=O)c1ccccc1Cl. The van der Waals surface area contributed by atoms with Gasteiger partial charge in [0.25, 0.3) is 5.91 Å². The van der Waals surface area contributed by atoms with E-state index in [9.17, 15) is 9.59 Å². The molecule has 0 bridgehead atoms. The number of carbonyl (C=O) groups excluding carboxylic acids is 2. The van der Waals surface area contributed by atoms with Crippen molar-refractivity contribution in [1.82, 2.24) is 5.43 Å². The number of hydrazone groups is 1. The van der Waals surface area contributed by atoms with Crippen LogP contribution in [-0.2, 0) is 4.79 Å². The Kier molecular flexibility index (Phi) is 8.71. The van der Waals surface area contributed by atoms with Crippen molar-refractivity contribution in [1.29, 1.82) is 0 Å². The fraction of sp³-hybridized carbons (Fsp3) is 0.0870. The van der Waals surface area contributed by atoms with Crippen molar-refractivity contribution < 1.29 is 23.8 Å². The third kappa shape index (κ3) is 6.95. The van der Waals surface area contributed by atoms with Crippen molar-refractivity contribution in [2.75, 3.05) is 13.7 Å². The summed E-state index contributed by atoms with van der Waals surface area (Å²) in [5, 5.41) is 4.73. The van der Waals surface area contributed by atoms with Gasteiger partial charge in [-0.1, -0.05) is 35.3 Å². The molecule has 0 saturated heterocycles. The molecule has 3 rings (SSSR count). The molecule has 33 heavy (non-hydrogen) atoms. The first-order chi connectivity index (χ1) is 15.9. The number of rotatable bonds is 8. The van der Waals surface area contributed by atoms with E-state index in [-0.39, 0.29) is 22.9 Å². The third-order valence-corrected chi connectivity index (χ3v) is 5.32. The van der Waals surface area contributed by atoms with Crippen molar-refractivity contribution in [3.63, 3.8) is 0 Å². The zero-order valence-corrected chi connectivity index (χ0v) is 20.3. The van der Waals surface area contributed by atoms with Gasteiger partial charge in [0, 0.05) is 5.02 Å². The molecule has 0 aliphatic heterocycles. The fourth-order valence-electron chi connectivity index (χ4n) is 2.58. The molecule has 1 N–H and O–H groups in total. The third-order valence-electron chi connectivity index (χ3n) is 4.14. The normalized spacial score (nSPS) is 10.7. The monoisotopic (exact) mass is 550 g/mol. The number of halogens is 3. The van der Waals surface area contributed by atoms with Crippen LogP contribution < -0.4 is 19.6 Å². The van der Waals surface area contributed by atoms with Crippen LogP contribution in [0.2, 0.25) is 10.0 Å². The first-order valence-electron chi connectivity index (χ1n) is 9.42. The smallest absolute Gasteiger partial charge is 0.345 e. The quantitative estimate of drug-likeness (QED) is 0.172. The highest BCUT2D eigenvalue weighted by Crippen LogP contribution is 2.29. The molecule has 0 aromatic heterocycles. The first kappa shape index (κ1) is 24.6. The average Bonchev–Trinajstić information content (AvgIpc) is 2.79. The maximum absolute atomic E-state index is 12.4. The lowest BCUT2D eigenvalue weighted by Crippen LogP contribution is -2.24. The molecule has 0 aliphatic rings. The van der Waals surface area contributed by atoms with Crippen molar-refractivity contribution in [2.24, 2.45) is 5.10 Å². The number of esters is 1. The Hall–Kier alpha value is -3.07. The zero-order chi connectivity index (χ0) is 23.8. The zero-order valence-electron chi connectivity index (χ0n) is 17.2. The van der Waals surface area contributed by atoms with Crippen LogP contribution in [-0.4, -0.2) is 31.8 Å². The van der Waals surface area contributed by atoms with E-state index >= 15 is 0 Å². The number of hydrogen-bond acceptors (Lipinski definition) is 6. The highest BCUT2D eigenvalue weighted by molar-refractivity contribution is 9.10. The van der Waals surface area contributed by atoms with Crippen molar-refractivity contribution >= 4 is 57.2 Å². The summed E-state index contributed by atoms with van der Waals surface area (Å²) in [5.41, 5.74) is 3.21. The number of amides is 1. The lowest BCUT2D eigenvalue weighted by atomic mass is 10.2. The molecule has 7 nitrogen and oxygen atoms in total. The number of nitrogens with zero attached hydrogens (tertiary/aromatic N) is 1. The molecular weight excluding hydrogens is 535 g/mol. The second kappa shape index (κ2) is 11.7. The summed E-state index contributed by atoms with van der Waals surface area (Å²) in [6.45, 7) is -0.238. The van der Waals surface area contributed by atoms with Gasteiger partial charge in [0.1, 0.15) is 5.75 Å². The molecule has 0 saturated carbocycles. The Morgan fingerprint density at radius 2 is 1.79 bits per heavy atom. The van der Waals surface area contributed by atoms with E-state index in [0.29, 0.717) is 26.6 Å². The molecule has 0 aliphatic carbocycles. The molecule has 0 radical (unpaired) electrons. The topological polar surface area (TPSA) is 86.2 Å². The van der Waals surface area contributed by atoms with Crippen molar-refractivity contribution in [3.05, 3.63) is 86.3 Å². The summed E-state index contributed by atoms with van der Waals surface area (Å²) < 4.78 is 16.7. The Balaban J connectivity index is 1.58. The van der Waals surface area contributed by atoms with Gasteiger partial charge in [-0.05, 0) is 70.0 Å². The van der Waals surface area contributed by atoms with Gasteiger partial charge in [0.2, 0.25) is 0 Å². The van der Waals surface area contributed by atoms with Crippen LogP contribution in [0.25, 0.3) is 0 Å². The first-order valence-corrected chi connectivity index (χ1v) is 11.0. The number of carbonyl (C=O) groups is 2. The number of hydrogen-bond donors (Lipinski definition) is 1. The standard InChI is InChI=1S/C23H17BrCl2N2O5/c1-31-21-10-14(6-8-20(21)33-23(30)16-4-2-3-5-18(16)26)12-27-28-22(29)13-32-19-9-7-15(25)11-17(19)24/h2-12H,13H2,1H3,(H,28,29). The molecule has 0 atom stereocenters. The molecule has 0 fully saturated rings.